The Balaban J connectivity index is 2.01. The molecular weight excluding hydrogens is 314 g/mol. The van der Waals surface area contributed by atoms with Crippen molar-refractivity contribution in [1.29, 1.82) is 0 Å². The van der Waals surface area contributed by atoms with E-state index >= 15 is 0 Å². The van der Waals surface area contributed by atoms with Gasteiger partial charge in [0.05, 0.1) is 10.6 Å². The standard InChI is InChI=1S/C12H12BrN3O3/c1-8-4-11(15-19-8)7-14-6-9-2-3-10(13)5-12(9)16(17)18/h2-5,14H,6-7H2,1H3. The summed E-state index contributed by atoms with van der Waals surface area (Å²) in [7, 11) is 0. The van der Waals surface area contributed by atoms with E-state index in [9.17, 15) is 10.1 Å². The van der Waals surface area contributed by atoms with E-state index < -0.39 is 0 Å². The fourth-order valence-electron chi connectivity index (χ4n) is 1.68. The fraction of sp³-hybridized carbons (Fsp3) is 0.250. The van der Waals surface area contributed by atoms with Crippen LogP contribution in [0.5, 0.6) is 0 Å². The first-order chi connectivity index (χ1) is 9.06. The molecule has 2 rings (SSSR count). The Bertz CT molecular complexity index is 598. The second-order valence-electron chi connectivity index (χ2n) is 4.06. The van der Waals surface area contributed by atoms with E-state index in [0.717, 1.165) is 11.5 Å². The number of rotatable bonds is 5. The van der Waals surface area contributed by atoms with Crippen LogP contribution in [0.3, 0.4) is 0 Å². The highest BCUT2D eigenvalue weighted by atomic mass is 79.9. The van der Waals surface area contributed by atoms with Crippen molar-refractivity contribution in [3.63, 3.8) is 0 Å². The van der Waals surface area contributed by atoms with Crippen molar-refractivity contribution in [3.8, 4) is 0 Å². The summed E-state index contributed by atoms with van der Waals surface area (Å²) in [5, 5.41) is 17.9. The molecular formula is C12H12BrN3O3. The molecule has 0 aliphatic carbocycles. The molecule has 0 radical (unpaired) electrons. The number of hydrogen-bond donors (Lipinski definition) is 1. The molecule has 6 nitrogen and oxygen atoms in total. The lowest BCUT2D eigenvalue weighted by atomic mass is 10.2. The minimum atomic E-state index is -0.387. The number of benzene rings is 1. The third kappa shape index (κ3) is 3.62. The van der Waals surface area contributed by atoms with E-state index in [-0.39, 0.29) is 10.6 Å². The highest BCUT2D eigenvalue weighted by molar-refractivity contribution is 9.10. The molecule has 100 valence electrons. The largest absolute Gasteiger partial charge is 0.361 e. The van der Waals surface area contributed by atoms with E-state index in [1.54, 1.807) is 12.1 Å². The average molecular weight is 326 g/mol. The summed E-state index contributed by atoms with van der Waals surface area (Å²) in [5.74, 6) is 0.742. The molecule has 0 spiro atoms. The summed E-state index contributed by atoms with van der Waals surface area (Å²) in [6, 6.07) is 6.83. The minimum Gasteiger partial charge on any atom is -0.361 e. The first-order valence-corrected chi connectivity index (χ1v) is 6.41. The zero-order valence-electron chi connectivity index (χ0n) is 10.2. The number of halogens is 1. The lowest BCUT2D eigenvalue weighted by Crippen LogP contribution is -2.14. The molecule has 0 bridgehead atoms. The van der Waals surface area contributed by atoms with E-state index in [1.807, 2.05) is 13.0 Å². The predicted octanol–water partition coefficient (Wildman–Crippen LogP) is 2.94. The van der Waals surface area contributed by atoms with Crippen LogP contribution in [-0.2, 0) is 13.1 Å². The molecule has 0 aliphatic heterocycles. The Morgan fingerprint density at radius 2 is 2.21 bits per heavy atom. The van der Waals surface area contributed by atoms with E-state index in [0.29, 0.717) is 23.1 Å². The molecule has 1 aromatic heterocycles. The van der Waals surface area contributed by atoms with Crippen molar-refractivity contribution >= 4 is 21.6 Å². The van der Waals surface area contributed by atoms with Crippen LogP contribution < -0.4 is 5.32 Å². The summed E-state index contributed by atoms with van der Waals surface area (Å²) < 4.78 is 5.63. The van der Waals surface area contributed by atoms with Gasteiger partial charge in [0.1, 0.15) is 5.76 Å². The van der Waals surface area contributed by atoms with Gasteiger partial charge in [0.2, 0.25) is 0 Å². The summed E-state index contributed by atoms with van der Waals surface area (Å²) >= 11 is 3.22. The highest BCUT2D eigenvalue weighted by Crippen LogP contribution is 2.23. The Labute approximate surface area is 118 Å². The van der Waals surface area contributed by atoms with E-state index in [1.165, 1.54) is 6.07 Å². The monoisotopic (exact) mass is 325 g/mol. The number of aromatic nitrogens is 1. The van der Waals surface area contributed by atoms with Gasteiger partial charge in [-0.2, -0.15) is 0 Å². The molecule has 19 heavy (non-hydrogen) atoms. The third-order valence-corrected chi connectivity index (χ3v) is 3.04. The maximum atomic E-state index is 10.9. The maximum absolute atomic E-state index is 10.9. The van der Waals surface area contributed by atoms with Crippen molar-refractivity contribution < 1.29 is 9.45 Å². The van der Waals surface area contributed by atoms with Crippen molar-refractivity contribution in [2.45, 2.75) is 20.0 Å². The molecule has 0 aliphatic rings. The van der Waals surface area contributed by atoms with Gasteiger partial charge in [0, 0.05) is 35.3 Å². The van der Waals surface area contributed by atoms with Gasteiger partial charge in [-0.15, -0.1) is 0 Å². The SMILES string of the molecule is Cc1cc(CNCc2ccc(Br)cc2[N+](=O)[O-])no1. The van der Waals surface area contributed by atoms with Crippen LogP contribution in [0.25, 0.3) is 0 Å². The normalized spacial score (nSPS) is 10.6. The summed E-state index contributed by atoms with van der Waals surface area (Å²) in [4.78, 5) is 10.6. The van der Waals surface area contributed by atoms with Gasteiger partial charge >= 0.3 is 0 Å². The number of nitro benzene ring substituents is 1. The molecule has 0 atom stereocenters. The first kappa shape index (κ1) is 13.7. The number of nitrogens with zero attached hydrogens (tertiary/aromatic N) is 2. The third-order valence-electron chi connectivity index (χ3n) is 2.54. The van der Waals surface area contributed by atoms with Gasteiger partial charge in [-0.25, -0.2) is 0 Å². The van der Waals surface area contributed by atoms with Gasteiger partial charge in [-0.1, -0.05) is 21.1 Å². The Hall–Kier alpha value is -1.73. The molecule has 0 fully saturated rings. The van der Waals surface area contributed by atoms with Crippen LogP contribution >= 0.6 is 15.9 Å². The van der Waals surface area contributed by atoms with Gasteiger partial charge in [-0.3, -0.25) is 10.1 Å². The van der Waals surface area contributed by atoms with Crippen LogP contribution in [0.1, 0.15) is 17.0 Å². The zero-order chi connectivity index (χ0) is 13.8. The van der Waals surface area contributed by atoms with E-state index in [4.69, 9.17) is 4.52 Å². The smallest absolute Gasteiger partial charge is 0.275 e. The van der Waals surface area contributed by atoms with Gasteiger partial charge in [0.25, 0.3) is 5.69 Å². The number of aryl methyl sites for hydroxylation is 1. The summed E-state index contributed by atoms with van der Waals surface area (Å²) in [6.45, 7) is 2.72. The number of hydrogen-bond acceptors (Lipinski definition) is 5. The molecule has 1 N–H and O–H groups in total. The Morgan fingerprint density at radius 3 is 2.84 bits per heavy atom. The fourth-order valence-corrected chi connectivity index (χ4v) is 2.03. The summed E-state index contributed by atoms with van der Waals surface area (Å²) in [6.07, 6.45) is 0. The zero-order valence-corrected chi connectivity index (χ0v) is 11.8. The quantitative estimate of drug-likeness (QED) is 0.675. The van der Waals surface area contributed by atoms with Crippen molar-refractivity contribution in [2.24, 2.45) is 0 Å². The predicted molar refractivity (Wildman–Crippen MR) is 72.6 cm³/mol. The van der Waals surface area contributed by atoms with Gasteiger partial charge in [0.15, 0.2) is 0 Å². The number of nitro groups is 1. The minimum absolute atomic E-state index is 0.0956. The van der Waals surface area contributed by atoms with Crippen LogP contribution in [0, 0.1) is 17.0 Å². The second kappa shape index (κ2) is 5.94. The van der Waals surface area contributed by atoms with Crippen LogP contribution in [0.15, 0.2) is 33.3 Å². The lowest BCUT2D eigenvalue weighted by Gasteiger charge is -2.04. The Kier molecular flexibility index (Phi) is 4.28. The lowest BCUT2D eigenvalue weighted by molar-refractivity contribution is -0.385. The molecule has 0 unspecified atom stereocenters. The molecule has 1 heterocycles. The number of nitrogens with one attached hydrogen (secondary N) is 1. The van der Waals surface area contributed by atoms with Gasteiger partial charge < -0.3 is 9.84 Å². The molecule has 0 amide bonds. The molecule has 0 saturated heterocycles. The summed E-state index contributed by atoms with van der Waals surface area (Å²) in [5.41, 5.74) is 1.50. The second-order valence-corrected chi connectivity index (χ2v) is 4.98. The van der Waals surface area contributed by atoms with Crippen LogP contribution in [-0.4, -0.2) is 10.1 Å². The van der Waals surface area contributed by atoms with E-state index in [2.05, 4.69) is 26.4 Å². The van der Waals surface area contributed by atoms with Gasteiger partial charge in [-0.05, 0) is 19.1 Å². The van der Waals surface area contributed by atoms with Crippen molar-refractivity contribution in [3.05, 3.63) is 55.9 Å². The topological polar surface area (TPSA) is 81.2 Å². The Morgan fingerprint density at radius 1 is 1.42 bits per heavy atom. The highest BCUT2D eigenvalue weighted by Gasteiger charge is 2.13. The van der Waals surface area contributed by atoms with Crippen molar-refractivity contribution in [1.82, 2.24) is 10.5 Å². The van der Waals surface area contributed by atoms with Crippen molar-refractivity contribution in [2.75, 3.05) is 0 Å². The maximum Gasteiger partial charge on any atom is 0.275 e. The van der Waals surface area contributed by atoms with Crippen LogP contribution in [0.2, 0.25) is 0 Å². The molecule has 7 heteroatoms. The molecule has 1 aromatic carbocycles. The molecule has 0 saturated carbocycles. The van der Waals surface area contributed by atoms with Crippen LogP contribution in [0.4, 0.5) is 5.69 Å². The first-order valence-electron chi connectivity index (χ1n) is 5.62. The molecule has 2 aromatic rings. The average Bonchev–Trinajstić information content (AvgIpc) is 2.77.